The van der Waals surface area contributed by atoms with Crippen LogP contribution in [-0.2, 0) is 0 Å². The molecule has 0 saturated heterocycles. The molecule has 3 N–H and O–H groups in total. The maximum absolute atomic E-state index is 12.1. The van der Waals surface area contributed by atoms with Gasteiger partial charge in [-0.05, 0) is 81.8 Å². The van der Waals surface area contributed by atoms with Crippen LogP contribution in [0.5, 0.6) is 5.75 Å². The quantitative estimate of drug-likeness (QED) is 0.372. The van der Waals surface area contributed by atoms with Gasteiger partial charge in [0.05, 0.1) is 18.4 Å². The summed E-state index contributed by atoms with van der Waals surface area (Å²) in [5, 5.41) is 15.9. The average Bonchev–Trinajstić information content (AvgIpc) is 3.03. The van der Waals surface area contributed by atoms with Crippen LogP contribution in [-0.4, -0.2) is 34.5 Å². The summed E-state index contributed by atoms with van der Waals surface area (Å²) in [6.07, 6.45) is 1.58. The van der Waals surface area contributed by atoms with E-state index in [9.17, 15) is 14.7 Å². The van der Waals surface area contributed by atoms with E-state index in [2.05, 4.69) is 15.8 Å². The SMILES string of the molecule is CCOc1ccc(NC(=O)N/N=C/c2cc(C)n(-c3ccc(C(=O)O)cc3C)c2C)cc1. The Morgan fingerprint density at radius 1 is 1.09 bits per heavy atom. The van der Waals surface area contributed by atoms with Crippen molar-refractivity contribution in [2.45, 2.75) is 27.7 Å². The average molecular weight is 434 g/mol. The summed E-state index contributed by atoms with van der Waals surface area (Å²) in [6.45, 7) is 8.27. The predicted molar refractivity (Wildman–Crippen MR) is 124 cm³/mol. The summed E-state index contributed by atoms with van der Waals surface area (Å²) in [7, 11) is 0. The van der Waals surface area contributed by atoms with E-state index in [0.717, 1.165) is 34.0 Å². The van der Waals surface area contributed by atoms with Crippen LogP contribution in [0.4, 0.5) is 10.5 Å². The second kappa shape index (κ2) is 9.82. The summed E-state index contributed by atoms with van der Waals surface area (Å²) < 4.78 is 7.41. The highest BCUT2D eigenvalue weighted by atomic mass is 16.5. The van der Waals surface area contributed by atoms with E-state index in [-0.39, 0.29) is 5.56 Å². The number of anilines is 1. The first kappa shape index (κ1) is 22.6. The third-order valence-corrected chi connectivity index (χ3v) is 4.95. The van der Waals surface area contributed by atoms with Crippen molar-refractivity contribution in [2.75, 3.05) is 11.9 Å². The fourth-order valence-electron chi connectivity index (χ4n) is 3.45. The van der Waals surface area contributed by atoms with Crippen LogP contribution in [0.1, 0.15) is 39.8 Å². The van der Waals surface area contributed by atoms with Gasteiger partial charge >= 0.3 is 12.0 Å². The summed E-state index contributed by atoms with van der Waals surface area (Å²) in [5.74, 6) is -0.220. The lowest BCUT2D eigenvalue weighted by atomic mass is 10.1. The van der Waals surface area contributed by atoms with Gasteiger partial charge in [0.15, 0.2) is 0 Å². The van der Waals surface area contributed by atoms with Crippen molar-refractivity contribution in [1.82, 2.24) is 9.99 Å². The molecule has 0 unspecified atom stereocenters. The molecule has 8 nitrogen and oxygen atoms in total. The number of carboxylic acids is 1. The molecular weight excluding hydrogens is 408 g/mol. The predicted octanol–water partition coefficient (Wildman–Crippen LogP) is 4.66. The molecule has 0 atom stereocenters. The number of carbonyl (C=O) groups excluding carboxylic acids is 1. The van der Waals surface area contributed by atoms with E-state index in [4.69, 9.17) is 4.74 Å². The van der Waals surface area contributed by atoms with Crippen LogP contribution in [0.2, 0.25) is 0 Å². The zero-order chi connectivity index (χ0) is 23.3. The van der Waals surface area contributed by atoms with Crippen molar-refractivity contribution >= 4 is 23.9 Å². The molecule has 0 aliphatic carbocycles. The molecule has 1 aromatic heterocycles. The van der Waals surface area contributed by atoms with Crippen LogP contribution in [0.15, 0.2) is 53.6 Å². The van der Waals surface area contributed by atoms with Crippen molar-refractivity contribution in [3.05, 3.63) is 76.6 Å². The van der Waals surface area contributed by atoms with Crippen LogP contribution in [0.25, 0.3) is 5.69 Å². The Labute approximate surface area is 186 Å². The number of carbonyl (C=O) groups is 2. The number of carboxylic acid groups (broad SMARTS) is 1. The van der Waals surface area contributed by atoms with Gasteiger partial charge in [-0.15, -0.1) is 0 Å². The van der Waals surface area contributed by atoms with Gasteiger partial charge in [-0.3, -0.25) is 0 Å². The number of benzene rings is 2. The molecule has 2 aromatic carbocycles. The van der Waals surface area contributed by atoms with E-state index in [0.29, 0.717) is 12.3 Å². The van der Waals surface area contributed by atoms with E-state index < -0.39 is 12.0 Å². The van der Waals surface area contributed by atoms with E-state index in [1.54, 1.807) is 48.7 Å². The normalized spacial score (nSPS) is 10.9. The van der Waals surface area contributed by atoms with Gasteiger partial charge in [-0.2, -0.15) is 5.10 Å². The fourth-order valence-corrected chi connectivity index (χ4v) is 3.45. The van der Waals surface area contributed by atoms with E-state index in [1.807, 2.05) is 38.3 Å². The first-order chi connectivity index (χ1) is 15.3. The zero-order valence-electron chi connectivity index (χ0n) is 18.5. The number of aryl methyl sites for hydroxylation is 2. The number of hydrazone groups is 1. The van der Waals surface area contributed by atoms with Crippen LogP contribution in [0.3, 0.4) is 0 Å². The topological polar surface area (TPSA) is 105 Å². The molecule has 1 heterocycles. The Morgan fingerprint density at radius 3 is 2.44 bits per heavy atom. The van der Waals surface area contributed by atoms with Crippen molar-refractivity contribution in [2.24, 2.45) is 5.10 Å². The molecule has 3 aromatic rings. The van der Waals surface area contributed by atoms with Gasteiger partial charge < -0.3 is 19.7 Å². The van der Waals surface area contributed by atoms with Gasteiger partial charge in [0.25, 0.3) is 0 Å². The molecule has 8 heteroatoms. The Hall–Kier alpha value is -4.07. The number of aromatic nitrogens is 1. The molecule has 0 fully saturated rings. The highest BCUT2D eigenvalue weighted by molar-refractivity contribution is 5.91. The van der Waals surface area contributed by atoms with Crippen molar-refractivity contribution in [3.63, 3.8) is 0 Å². The van der Waals surface area contributed by atoms with Gasteiger partial charge in [-0.1, -0.05) is 0 Å². The molecule has 2 amide bonds. The minimum absolute atomic E-state index is 0.248. The second-order valence-corrected chi connectivity index (χ2v) is 7.25. The first-order valence-corrected chi connectivity index (χ1v) is 10.2. The molecular formula is C24H26N4O4. The highest BCUT2D eigenvalue weighted by Crippen LogP contribution is 2.23. The number of ether oxygens (including phenoxy) is 1. The lowest BCUT2D eigenvalue weighted by Crippen LogP contribution is -2.24. The number of urea groups is 1. The highest BCUT2D eigenvalue weighted by Gasteiger charge is 2.13. The smallest absolute Gasteiger partial charge is 0.339 e. The number of rotatable bonds is 7. The maximum Gasteiger partial charge on any atom is 0.339 e. The second-order valence-electron chi connectivity index (χ2n) is 7.25. The lowest BCUT2D eigenvalue weighted by molar-refractivity contribution is 0.0696. The van der Waals surface area contributed by atoms with Gasteiger partial charge in [-0.25, -0.2) is 15.0 Å². The summed E-state index contributed by atoms with van der Waals surface area (Å²) in [6, 6.07) is 13.6. The number of nitrogens with zero attached hydrogens (tertiary/aromatic N) is 2. The molecule has 166 valence electrons. The monoisotopic (exact) mass is 434 g/mol. The third kappa shape index (κ3) is 5.15. The Bertz CT molecular complexity index is 1160. The first-order valence-electron chi connectivity index (χ1n) is 10.2. The van der Waals surface area contributed by atoms with E-state index in [1.165, 1.54) is 0 Å². The largest absolute Gasteiger partial charge is 0.494 e. The van der Waals surface area contributed by atoms with Crippen molar-refractivity contribution < 1.29 is 19.4 Å². The van der Waals surface area contributed by atoms with Crippen LogP contribution >= 0.6 is 0 Å². The Balaban J connectivity index is 1.69. The third-order valence-electron chi connectivity index (χ3n) is 4.95. The number of aromatic carboxylic acids is 1. The number of amides is 2. The van der Waals surface area contributed by atoms with Crippen molar-refractivity contribution in [1.29, 1.82) is 0 Å². The Kier molecular flexibility index (Phi) is 6.94. The number of nitrogens with one attached hydrogen (secondary N) is 2. The molecule has 3 rings (SSSR count). The molecule has 0 aliphatic heterocycles. The van der Waals surface area contributed by atoms with E-state index >= 15 is 0 Å². The molecule has 0 aliphatic rings. The minimum atomic E-state index is -0.956. The van der Waals surface area contributed by atoms with Crippen LogP contribution < -0.4 is 15.5 Å². The fraction of sp³-hybridized carbons (Fsp3) is 0.208. The molecule has 0 bridgehead atoms. The number of hydrogen-bond acceptors (Lipinski definition) is 4. The van der Waals surface area contributed by atoms with Crippen LogP contribution in [0, 0.1) is 20.8 Å². The van der Waals surface area contributed by atoms with Crippen molar-refractivity contribution in [3.8, 4) is 11.4 Å². The standard InChI is InChI=1S/C24H26N4O4/c1-5-32-21-9-7-20(8-10-21)26-24(31)27-25-14-19-13-16(3)28(17(19)4)22-11-6-18(23(29)30)12-15(22)2/h6-14H,5H2,1-4H3,(H,29,30)(H2,26,27,31)/b25-14+. The Morgan fingerprint density at radius 2 is 1.81 bits per heavy atom. The summed E-state index contributed by atoms with van der Waals surface area (Å²) in [5.41, 5.74) is 7.80. The van der Waals surface area contributed by atoms with Gasteiger partial charge in [0, 0.05) is 28.3 Å². The lowest BCUT2D eigenvalue weighted by Gasteiger charge is -2.13. The maximum atomic E-state index is 12.1. The molecule has 32 heavy (non-hydrogen) atoms. The van der Waals surface area contributed by atoms with Gasteiger partial charge in [0.1, 0.15) is 5.75 Å². The molecule has 0 spiro atoms. The summed E-state index contributed by atoms with van der Waals surface area (Å²) >= 11 is 0. The number of hydrogen-bond donors (Lipinski definition) is 3. The molecule has 0 saturated carbocycles. The molecule has 0 radical (unpaired) electrons. The summed E-state index contributed by atoms with van der Waals surface area (Å²) in [4.78, 5) is 23.3. The zero-order valence-corrected chi connectivity index (χ0v) is 18.5. The minimum Gasteiger partial charge on any atom is -0.494 e. The van der Waals surface area contributed by atoms with Gasteiger partial charge in [0.2, 0.25) is 0 Å².